The molecule has 0 spiro atoms. The van der Waals surface area contributed by atoms with Crippen molar-refractivity contribution >= 4 is 20.4 Å². The quantitative estimate of drug-likeness (QED) is 0.330. The summed E-state index contributed by atoms with van der Waals surface area (Å²) in [5.74, 6) is 0.329. The molecule has 8 heteroatoms. The van der Waals surface area contributed by atoms with Gasteiger partial charge < -0.3 is 27.5 Å². The van der Waals surface area contributed by atoms with E-state index >= 15 is 0 Å². The number of methoxy groups -OCH3 is 3. The van der Waals surface area contributed by atoms with Gasteiger partial charge in [-0.25, -0.2) is 0 Å². The van der Waals surface area contributed by atoms with E-state index in [9.17, 15) is 0 Å². The van der Waals surface area contributed by atoms with Crippen LogP contribution in [0.25, 0.3) is 0 Å². The molecule has 0 bridgehead atoms. The van der Waals surface area contributed by atoms with Crippen molar-refractivity contribution in [3.8, 4) is 0 Å². The van der Waals surface area contributed by atoms with E-state index in [2.05, 4.69) is 0 Å². The van der Waals surface area contributed by atoms with Crippen molar-refractivity contribution < 1.29 is 27.5 Å². The van der Waals surface area contributed by atoms with Gasteiger partial charge in [0.15, 0.2) is 0 Å². The molecule has 0 rings (SSSR count). The molecule has 6 nitrogen and oxygen atoms in total. The summed E-state index contributed by atoms with van der Waals surface area (Å²) in [6.07, 6.45) is -1.46. The third-order valence-corrected chi connectivity index (χ3v) is 6.94. The molecule has 0 N–H and O–H groups in total. The van der Waals surface area contributed by atoms with Gasteiger partial charge in [0.05, 0.1) is 0 Å². The van der Waals surface area contributed by atoms with E-state index in [0.717, 1.165) is 0 Å². The van der Waals surface area contributed by atoms with E-state index in [0.29, 0.717) is 5.88 Å². The minimum absolute atomic E-state index is 0.142. The maximum atomic E-state index is 5.99. The van der Waals surface area contributed by atoms with Crippen LogP contribution in [-0.4, -0.2) is 54.9 Å². The molecular weight excluding hydrogens is 304 g/mol. The van der Waals surface area contributed by atoms with Crippen molar-refractivity contribution in [1.29, 1.82) is 0 Å². The molecule has 0 aromatic rings. The van der Waals surface area contributed by atoms with Crippen LogP contribution in [0.15, 0.2) is 0 Å². The van der Waals surface area contributed by atoms with Gasteiger partial charge in [-0.3, -0.25) is 0 Å². The summed E-state index contributed by atoms with van der Waals surface area (Å²) in [7, 11) is 1.49. The van der Waals surface area contributed by atoms with Crippen LogP contribution >= 0.6 is 11.6 Å². The molecule has 122 valence electrons. The molecule has 0 radical (unpaired) electrons. The summed E-state index contributed by atoms with van der Waals surface area (Å²) in [4.78, 5) is 0. The van der Waals surface area contributed by atoms with E-state index in [1.807, 2.05) is 6.92 Å². The topological polar surface area (TPSA) is 55.4 Å². The molecule has 0 amide bonds. The van der Waals surface area contributed by atoms with Gasteiger partial charge in [0, 0.05) is 32.8 Å². The lowest BCUT2D eigenvalue weighted by molar-refractivity contribution is -0.165. The predicted molar refractivity (Wildman–Crippen MR) is 78.6 cm³/mol. The van der Waals surface area contributed by atoms with E-state index in [1.165, 1.54) is 0 Å². The van der Waals surface area contributed by atoms with Crippen molar-refractivity contribution in [2.45, 2.75) is 52.1 Å². The first-order valence-corrected chi connectivity index (χ1v) is 8.86. The first-order valence-electron chi connectivity index (χ1n) is 6.52. The zero-order valence-electron chi connectivity index (χ0n) is 13.3. The first kappa shape index (κ1) is 20.3. The average Bonchev–Trinajstić information content (AvgIpc) is 2.45. The Morgan fingerprint density at radius 1 is 0.750 bits per heavy atom. The van der Waals surface area contributed by atoms with Crippen LogP contribution in [0.1, 0.15) is 27.7 Å². The third kappa shape index (κ3) is 6.36. The standard InChI is InChI=1S/C12H27ClO6Si/c1-9(8-13)20(17-10(2)14-5,18-11(3)15-6)19-12(4)16-7/h9-12H,8H2,1-7H3. The fraction of sp³-hybridized carbons (Fsp3) is 1.00. The van der Waals surface area contributed by atoms with Crippen LogP contribution < -0.4 is 0 Å². The smallest absolute Gasteiger partial charge is 0.357 e. The highest BCUT2D eigenvalue weighted by molar-refractivity contribution is 6.63. The van der Waals surface area contributed by atoms with Crippen molar-refractivity contribution in [3.05, 3.63) is 0 Å². The summed E-state index contributed by atoms with van der Waals surface area (Å²) >= 11 is 5.99. The second-order valence-corrected chi connectivity index (χ2v) is 7.63. The minimum Gasteiger partial charge on any atom is -0.357 e. The Kier molecular flexibility index (Phi) is 10.2. The lowest BCUT2D eigenvalue weighted by Crippen LogP contribution is -2.55. The Balaban J connectivity index is 5.26. The Bertz CT molecular complexity index is 227. The number of ether oxygens (including phenoxy) is 3. The van der Waals surface area contributed by atoms with Crippen molar-refractivity contribution in [2.24, 2.45) is 0 Å². The highest BCUT2D eigenvalue weighted by Gasteiger charge is 2.51. The molecule has 0 saturated carbocycles. The van der Waals surface area contributed by atoms with Gasteiger partial charge in [-0.1, -0.05) is 6.92 Å². The lowest BCUT2D eigenvalue weighted by atomic mass is 10.6. The molecule has 4 unspecified atom stereocenters. The normalized spacial score (nSPS) is 21.0. The van der Waals surface area contributed by atoms with Gasteiger partial charge in [0.25, 0.3) is 0 Å². The molecule has 0 aromatic heterocycles. The zero-order chi connectivity index (χ0) is 15.8. The SMILES string of the molecule is COC(C)O[Si](OC(C)OC)(OC(C)OC)C(C)CCl. The van der Waals surface area contributed by atoms with Gasteiger partial charge in [0.1, 0.15) is 18.9 Å². The maximum Gasteiger partial charge on any atom is 0.511 e. The Labute approximate surface area is 127 Å². The average molecular weight is 331 g/mol. The number of rotatable bonds is 11. The molecule has 20 heavy (non-hydrogen) atoms. The van der Waals surface area contributed by atoms with Crippen molar-refractivity contribution in [3.63, 3.8) is 0 Å². The third-order valence-electron chi connectivity index (χ3n) is 2.82. The molecule has 0 fully saturated rings. The molecule has 4 atom stereocenters. The predicted octanol–water partition coefficient (Wildman–Crippen LogP) is 2.58. The van der Waals surface area contributed by atoms with Crippen LogP contribution in [0.5, 0.6) is 0 Å². The zero-order valence-corrected chi connectivity index (χ0v) is 15.1. The maximum absolute atomic E-state index is 5.99. The van der Waals surface area contributed by atoms with Crippen LogP contribution in [0.2, 0.25) is 5.54 Å². The number of halogens is 1. The van der Waals surface area contributed by atoms with E-state index in [4.69, 9.17) is 39.1 Å². The fourth-order valence-electron chi connectivity index (χ4n) is 1.36. The minimum atomic E-state index is -3.16. The monoisotopic (exact) mass is 330 g/mol. The summed E-state index contributed by atoms with van der Waals surface area (Å²) in [5.41, 5.74) is -0.142. The first-order chi connectivity index (χ1) is 9.34. The molecule has 0 aliphatic carbocycles. The van der Waals surface area contributed by atoms with Crippen molar-refractivity contribution in [2.75, 3.05) is 27.2 Å². The van der Waals surface area contributed by atoms with Crippen LogP contribution in [0, 0.1) is 0 Å². The number of hydrogen-bond acceptors (Lipinski definition) is 6. The highest BCUT2D eigenvalue weighted by atomic mass is 35.5. The number of alkyl halides is 1. The summed E-state index contributed by atoms with van der Waals surface area (Å²) in [6.45, 7) is 7.21. The van der Waals surface area contributed by atoms with Crippen molar-refractivity contribution in [1.82, 2.24) is 0 Å². The van der Waals surface area contributed by atoms with E-state index in [-0.39, 0.29) is 5.54 Å². The molecule has 0 aliphatic heterocycles. The molecule has 0 aliphatic rings. The molecule has 0 aromatic carbocycles. The van der Waals surface area contributed by atoms with Crippen LogP contribution in [0.4, 0.5) is 0 Å². The Hall–Kier alpha value is 0.267. The van der Waals surface area contributed by atoms with E-state index < -0.39 is 27.7 Å². The Morgan fingerprint density at radius 3 is 1.25 bits per heavy atom. The Morgan fingerprint density at radius 2 is 1.05 bits per heavy atom. The summed E-state index contributed by atoms with van der Waals surface area (Å²) < 4.78 is 33.2. The number of hydrogen-bond donors (Lipinski definition) is 0. The van der Waals surface area contributed by atoms with Gasteiger partial charge in [-0.05, 0) is 20.8 Å². The largest absolute Gasteiger partial charge is 0.511 e. The molecule has 0 saturated heterocycles. The molecule has 0 heterocycles. The van der Waals surface area contributed by atoms with Gasteiger partial charge >= 0.3 is 8.80 Å². The summed E-state index contributed by atoms with van der Waals surface area (Å²) in [5, 5.41) is 0. The van der Waals surface area contributed by atoms with Gasteiger partial charge in [-0.2, -0.15) is 0 Å². The van der Waals surface area contributed by atoms with E-state index in [1.54, 1.807) is 42.1 Å². The second kappa shape index (κ2) is 10.1. The van der Waals surface area contributed by atoms with Gasteiger partial charge in [0.2, 0.25) is 0 Å². The lowest BCUT2D eigenvalue weighted by Gasteiger charge is -2.38. The van der Waals surface area contributed by atoms with Gasteiger partial charge in [-0.15, -0.1) is 11.6 Å². The second-order valence-electron chi connectivity index (χ2n) is 4.42. The molecular formula is C12H27ClO6Si. The fourth-order valence-corrected chi connectivity index (χ4v) is 4.66. The summed E-state index contributed by atoms with van der Waals surface area (Å²) in [6, 6.07) is 0. The van der Waals surface area contributed by atoms with Crippen LogP contribution in [0.3, 0.4) is 0 Å². The van der Waals surface area contributed by atoms with Crippen LogP contribution in [-0.2, 0) is 27.5 Å². The highest BCUT2D eigenvalue weighted by Crippen LogP contribution is 2.31.